The number of aryl methyl sites for hydroxylation is 1. The number of rotatable bonds is 4. The minimum absolute atomic E-state index is 0.199. The molecule has 18 heavy (non-hydrogen) atoms. The lowest BCUT2D eigenvalue weighted by molar-refractivity contribution is 0.413. The number of ether oxygens (including phenoxy) is 1. The van der Waals surface area contributed by atoms with Gasteiger partial charge in [-0.05, 0) is 42.4 Å². The molecule has 0 saturated heterocycles. The van der Waals surface area contributed by atoms with E-state index in [9.17, 15) is 8.42 Å². The van der Waals surface area contributed by atoms with Gasteiger partial charge in [-0.2, -0.15) is 0 Å². The zero-order valence-corrected chi connectivity index (χ0v) is 12.0. The van der Waals surface area contributed by atoms with Crippen molar-refractivity contribution in [3.63, 3.8) is 0 Å². The number of sulfonamides is 1. The Hall–Kier alpha value is -1.23. The highest BCUT2D eigenvalue weighted by atomic mass is 32.2. The molecule has 0 atom stereocenters. The zero-order valence-electron chi connectivity index (χ0n) is 11.2. The summed E-state index contributed by atoms with van der Waals surface area (Å²) < 4.78 is 30.6. The molecule has 1 aromatic carbocycles. The molecule has 1 aliphatic rings. The smallest absolute Gasteiger partial charge is 0.229 e. The lowest BCUT2D eigenvalue weighted by Gasteiger charge is -2.17. The first-order chi connectivity index (χ1) is 8.25. The largest absolute Gasteiger partial charge is 0.494 e. The van der Waals surface area contributed by atoms with Crippen LogP contribution < -0.4 is 9.46 Å². The predicted molar refractivity (Wildman–Crippen MR) is 72.8 cm³/mol. The van der Waals surface area contributed by atoms with E-state index in [0.717, 1.165) is 24.7 Å². The van der Waals surface area contributed by atoms with Crippen LogP contribution in [-0.4, -0.2) is 21.8 Å². The van der Waals surface area contributed by atoms with Crippen molar-refractivity contribution < 1.29 is 13.2 Å². The molecule has 1 N–H and O–H groups in total. The van der Waals surface area contributed by atoms with Gasteiger partial charge in [-0.3, -0.25) is 4.72 Å². The first-order valence-electron chi connectivity index (χ1n) is 5.92. The molecule has 1 saturated carbocycles. The van der Waals surface area contributed by atoms with Gasteiger partial charge in [-0.1, -0.05) is 13.0 Å². The predicted octanol–water partition coefficient (Wildman–Crippen LogP) is 2.43. The highest BCUT2D eigenvalue weighted by molar-refractivity contribution is 7.92. The van der Waals surface area contributed by atoms with Crippen LogP contribution in [0.3, 0.4) is 0 Å². The van der Waals surface area contributed by atoms with Gasteiger partial charge >= 0.3 is 0 Å². The maximum absolute atomic E-state index is 11.4. The van der Waals surface area contributed by atoms with Crippen LogP contribution in [0.1, 0.15) is 30.9 Å². The van der Waals surface area contributed by atoms with Crippen LogP contribution in [0.5, 0.6) is 5.75 Å². The van der Waals surface area contributed by atoms with E-state index < -0.39 is 10.0 Å². The summed E-state index contributed by atoms with van der Waals surface area (Å²) in [7, 11) is -1.75. The highest BCUT2D eigenvalue weighted by Gasteiger charge is 2.39. The lowest BCUT2D eigenvalue weighted by atomic mass is 9.95. The fraction of sp³-hybridized carbons (Fsp3) is 0.538. The first-order valence-corrected chi connectivity index (χ1v) is 7.81. The van der Waals surface area contributed by atoms with Gasteiger partial charge in [0, 0.05) is 0 Å². The summed E-state index contributed by atoms with van der Waals surface area (Å²) in [5.41, 5.74) is 2.86. The van der Waals surface area contributed by atoms with Crippen LogP contribution in [0, 0.1) is 6.92 Å². The van der Waals surface area contributed by atoms with Crippen molar-refractivity contribution in [2.75, 3.05) is 18.1 Å². The monoisotopic (exact) mass is 269 g/mol. The molecule has 0 heterocycles. The Balaban J connectivity index is 2.50. The topological polar surface area (TPSA) is 55.4 Å². The van der Waals surface area contributed by atoms with Gasteiger partial charge in [0.1, 0.15) is 5.75 Å². The molecule has 0 amide bonds. The van der Waals surface area contributed by atoms with Crippen molar-refractivity contribution in [3.05, 3.63) is 23.3 Å². The minimum atomic E-state index is -3.30. The summed E-state index contributed by atoms with van der Waals surface area (Å²) in [6.45, 7) is 4.13. The van der Waals surface area contributed by atoms with E-state index in [1.54, 1.807) is 7.11 Å². The van der Waals surface area contributed by atoms with Gasteiger partial charge in [0.05, 0.1) is 19.1 Å². The Morgan fingerprint density at radius 2 is 1.94 bits per heavy atom. The van der Waals surface area contributed by atoms with Gasteiger partial charge in [0.25, 0.3) is 0 Å². The van der Waals surface area contributed by atoms with Crippen molar-refractivity contribution in [1.29, 1.82) is 0 Å². The Morgan fingerprint density at radius 3 is 2.39 bits per heavy atom. The molecule has 0 aliphatic heterocycles. The summed E-state index contributed by atoms with van der Waals surface area (Å²) in [4.78, 5) is 0. The Kier molecular flexibility index (Phi) is 3.05. The Bertz CT molecular complexity index is 574. The fourth-order valence-electron chi connectivity index (χ4n) is 2.15. The van der Waals surface area contributed by atoms with Gasteiger partial charge in [0.15, 0.2) is 0 Å². The second-order valence-corrected chi connectivity index (χ2v) is 7.06. The van der Waals surface area contributed by atoms with Crippen molar-refractivity contribution in [2.45, 2.75) is 32.1 Å². The van der Waals surface area contributed by atoms with Crippen molar-refractivity contribution in [1.82, 2.24) is 0 Å². The van der Waals surface area contributed by atoms with Gasteiger partial charge in [-0.15, -0.1) is 0 Å². The summed E-state index contributed by atoms with van der Waals surface area (Å²) in [6.07, 6.45) is 3.45. The molecule has 0 radical (unpaired) electrons. The molecule has 1 aliphatic carbocycles. The normalized spacial score (nSPS) is 17.3. The van der Waals surface area contributed by atoms with Crippen molar-refractivity contribution in [2.24, 2.45) is 0 Å². The van der Waals surface area contributed by atoms with Gasteiger partial charge in [-0.25, -0.2) is 8.42 Å². The number of hydrogen-bond donors (Lipinski definition) is 1. The van der Waals surface area contributed by atoms with Crippen LogP contribution in [0.4, 0.5) is 5.69 Å². The Morgan fingerprint density at radius 1 is 1.33 bits per heavy atom. The van der Waals surface area contributed by atoms with Crippen LogP contribution in [0.15, 0.2) is 12.1 Å². The second-order valence-electron chi connectivity index (χ2n) is 5.31. The lowest BCUT2D eigenvalue weighted by Crippen LogP contribution is -2.12. The molecule has 5 heteroatoms. The maximum atomic E-state index is 11.4. The third-order valence-electron chi connectivity index (χ3n) is 3.47. The molecular weight excluding hydrogens is 250 g/mol. The molecule has 100 valence electrons. The second kappa shape index (κ2) is 4.16. The summed E-state index contributed by atoms with van der Waals surface area (Å²) in [5, 5.41) is 0. The van der Waals surface area contributed by atoms with E-state index in [1.165, 1.54) is 5.56 Å². The van der Waals surface area contributed by atoms with Crippen molar-refractivity contribution >= 4 is 15.7 Å². The van der Waals surface area contributed by atoms with E-state index in [2.05, 4.69) is 17.7 Å². The van der Waals surface area contributed by atoms with Gasteiger partial charge < -0.3 is 4.74 Å². The SMILES string of the molecule is COc1c(C)cc(C2(C)CC2)cc1NS(C)(=O)=O. The standard InChI is InChI=1S/C13H19NO3S/c1-9-7-10(13(2)5-6-13)8-11(12(9)17-3)14-18(4,15)16/h7-8,14H,5-6H2,1-4H3. The summed E-state index contributed by atoms with van der Waals surface area (Å²) >= 11 is 0. The van der Waals surface area contributed by atoms with E-state index >= 15 is 0 Å². The van der Waals surface area contributed by atoms with Gasteiger partial charge in [0.2, 0.25) is 10.0 Å². The molecular formula is C13H19NO3S. The number of methoxy groups -OCH3 is 1. The third kappa shape index (κ3) is 2.61. The van der Waals surface area contributed by atoms with Crippen LogP contribution in [-0.2, 0) is 15.4 Å². The third-order valence-corrected chi connectivity index (χ3v) is 4.06. The number of hydrogen-bond acceptors (Lipinski definition) is 3. The molecule has 4 nitrogen and oxygen atoms in total. The van der Waals surface area contributed by atoms with E-state index in [4.69, 9.17) is 4.74 Å². The summed E-state index contributed by atoms with van der Waals surface area (Å²) in [6, 6.07) is 3.97. The van der Waals surface area contributed by atoms with Crippen molar-refractivity contribution in [3.8, 4) is 5.75 Å². The van der Waals surface area contributed by atoms with Crippen LogP contribution in [0.25, 0.3) is 0 Å². The molecule has 0 bridgehead atoms. The van der Waals surface area contributed by atoms with E-state index in [1.807, 2.05) is 13.0 Å². The molecule has 1 aromatic rings. The van der Waals surface area contributed by atoms with E-state index in [0.29, 0.717) is 11.4 Å². The van der Waals surface area contributed by atoms with Crippen LogP contribution in [0.2, 0.25) is 0 Å². The molecule has 0 spiro atoms. The molecule has 2 rings (SSSR count). The number of anilines is 1. The highest BCUT2D eigenvalue weighted by Crippen LogP contribution is 2.49. The first kappa shape index (κ1) is 13.2. The average molecular weight is 269 g/mol. The fourth-order valence-corrected chi connectivity index (χ4v) is 2.70. The zero-order chi connectivity index (χ0) is 13.6. The average Bonchev–Trinajstić information content (AvgIpc) is 2.95. The van der Waals surface area contributed by atoms with Crippen LogP contribution >= 0.6 is 0 Å². The Labute approximate surface area is 108 Å². The molecule has 1 fully saturated rings. The van der Waals surface area contributed by atoms with E-state index in [-0.39, 0.29) is 5.41 Å². The number of benzene rings is 1. The maximum Gasteiger partial charge on any atom is 0.229 e. The molecule has 0 aromatic heterocycles. The number of nitrogens with one attached hydrogen (secondary N) is 1. The minimum Gasteiger partial charge on any atom is -0.494 e. The summed E-state index contributed by atoms with van der Waals surface area (Å²) in [5.74, 6) is 0.591. The quantitative estimate of drug-likeness (QED) is 0.913. The molecule has 0 unspecified atom stereocenters.